The standard InChI is InChI=1S/C17H20N2O3S/c1-13-9-11-15(12-10-13)18-17(20)16(19(2)23(3,21)22)14-7-5-4-6-8-14/h4-12,16H,1-3H3,(H,18,20). The first-order valence-electron chi connectivity index (χ1n) is 7.14. The van der Waals surface area contributed by atoms with E-state index in [0.29, 0.717) is 11.3 Å². The SMILES string of the molecule is Cc1ccc(NC(=O)C(c2ccccc2)N(C)S(C)(=O)=O)cc1. The third kappa shape index (κ3) is 4.40. The van der Waals surface area contributed by atoms with Crippen LogP contribution in [0.2, 0.25) is 0 Å². The maximum Gasteiger partial charge on any atom is 0.247 e. The van der Waals surface area contributed by atoms with E-state index in [4.69, 9.17) is 0 Å². The number of carbonyl (C=O) groups excluding carboxylic acids is 1. The van der Waals surface area contributed by atoms with Crippen LogP contribution in [0.1, 0.15) is 17.2 Å². The molecule has 2 aromatic carbocycles. The number of nitrogens with one attached hydrogen (secondary N) is 1. The van der Waals surface area contributed by atoms with Gasteiger partial charge in [-0.1, -0.05) is 48.0 Å². The number of hydrogen-bond donors (Lipinski definition) is 1. The van der Waals surface area contributed by atoms with Crippen LogP contribution in [0, 0.1) is 6.92 Å². The van der Waals surface area contributed by atoms with Crippen LogP contribution in [-0.4, -0.2) is 31.9 Å². The molecule has 2 aromatic rings. The first-order chi connectivity index (χ1) is 10.8. The Bertz CT molecular complexity index is 771. The number of benzene rings is 2. The summed E-state index contributed by atoms with van der Waals surface area (Å²) in [5.74, 6) is -0.395. The molecule has 1 atom stereocenters. The Balaban J connectivity index is 2.33. The molecule has 0 fully saturated rings. The predicted octanol–water partition coefficient (Wildman–Crippen LogP) is 2.57. The molecule has 0 aliphatic heterocycles. The molecule has 1 unspecified atom stereocenters. The monoisotopic (exact) mass is 332 g/mol. The lowest BCUT2D eigenvalue weighted by atomic mass is 10.1. The molecule has 0 heterocycles. The largest absolute Gasteiger partial charge is 0.324 e. The zero-order valence-electron chi connectivity index (χ0n) is 13.4. The zero-order chi connectivity index (χ0) is 17.0. The van der Waals surface area contributed by atoms with E-state index in [2.05, 4.69) is 5.32 Å². The molecule has 0 aliphatic rings. The van der Waals surface area contributed by atoms with E-state index in [0.717, 1.165) is 16.1 Å². The van der Waals surface area contributed by atoms with Crippen molar-refractivity contribution >= 4 is 21.6 Å². The fourth-order valence-corrected chi connectivity index (χ4v) is 2.80. The summed E-state index contributed by atoms with van der Waals surface area (Å²) < 4.78 is 24.9. The highest BCUT2D eigenvalue weighted by Gasteiger charge is 2.30. The molecule has 122 valence electrons. The van der Waals surface area contributed by atoms with Gasteiger partial charge >= 0.3 is 0 Å². The number of hydrogen-bond acceptors (Lipinski definition) is 3. The lowest BCUT2D eigenvalue weighted by Gasteiger charge is -2.25. The van der Waals surface area contributed by atoms with Gasteiger partial charge in [-0.05, 0) is 24.6 Å². The number of carbonyl (C=O) groups is 1. The Kier molecular flexibility index (Phi) is 5.18. The van der Waals surface area contributed by atoms with E-state index in [1.807, 2.05) is 25.1 Å². The highest BCUT2D eigenvalue weighted by molar-refractivity contribution is 7.88. The number of sulfonamides is 1. The Morgan fingerprint density at radius 2 is 1.61 bits per heavy atom. The molecule has 0 aliphatic carbocycles. The van der Waals surface area contributed by atoms with Gasteiger partial charge in [-0.2, -0.15) is 4.31 Å². The summed E-state index contributed by atoms with van der Waals surface area (Å²) in [5.41, 5.74) is 2.32. The maximum atomic E-state index is 12.7. The summed E-state index contributed by atoms with van der Waals surface area (Å²) in [5, 5.41) is 2.78. The summed E-state index contributed by atoms with van der Waals surface area (Å²) in [4.78, 5) is 12.7. The van der Waals surface area contributed by atoms with Crippen LogP contribution in [0.5, 0.6) is 0 Å². The molecule has 2 rings (SSSR count). The van der Waals surface area contributed by atoms with E-state index in [1.165, 1.54) is 7.05 Å². The molecule has 5 nitrogen and oxygen atoms in total. The van der Waals surface area contributed by atoms with Crippen molar-refractivity contribution in [3.05, 3.63) is 65.7 Å². The van der Waals surface area contributed by atoms with Gasteiger partial charge in [0.15, 0.2) is 0 Å². The van der Waals surface area contributed by atoms with Gasteiger partial charge in [-0.15, -0.1) is 0 Å². The molecule has 1 amide bonds. The molecule has 0 spiro atoms. The number of amides is 1. The van der Waals surface area contributed by atoms with E-state index < -0.39 is 22.0 Å². The van der Waals surface area contributed by atoms with E-state index >= 15 is 0 Å². The van der Waals surface area contributed by atoms with Gasteiger partial charge < -0.3 is 5.32 Å². The quantitative estimate of drug-likeness (QED) is 0.915. The summed E-state index contributed by atoms with van der Waals surface area (Å²) in [6.07, 6.45) is 1.09. The molecule has 0 aromatic heterocycles. The van der Waals surface area contributed by atoms with Gasteiger partial charge in [0.1, 0.15) is 6.04 Å². The van der Waals surface area contributed by atoms with Crippen molar-refractivity contribution in [2.24, 2.45) is 0 Å². The first kappa shape index (κ1) is 17.2. The molecular formula is C17H20N2O3S. The minimum absolute atomic E-state index is 0.395. The topological polar surface area (TPSA) is 66.5 Å². The fraction of sp³-hybridized carbons (Fsp3) is 0.235. The van der Waals surface area contributed by atoms with Crippen molar-refractivity contribution in [1.82, 2.24) is 4.31 Å². The average molecular weight is 332 g/mol. The van der Waals surface area contributed by atoms with Crippen molar-refractivity contribution in [2.45, 2.75) is 13.0 Å². The minimum Gasteiger partial charge on any atom is -0.324 e. The molecule has 1 N–H and O–H groups in total. The zero-order valence-corrected chi connectivity index (χ0v) is 14.2. The molecule has 0 saturated carbocycles. The van der Waals surface area contributed by atoms with Crippen LogP contribution < -0.4 is 5.32 Å². The summed E-state index contributed by atoms with van der Waals surface area (Å²) >= 11 is 0. The van der Waals surface area contributed by atoms with Gasteiger partial charge in [-0.25, -0.2) is 8.42 Å². The lowest BCUT2D eigenvalue weighted by molar-refractivity contribution is -0.119. The van der Waals surface area contributed by atoms with Crippen LogP contribution >= 0.6 is 0 Å². The second kappa shape index (κ2) is 6.93. The summed E-state index contributed by atoms with van der Waals surface area (Å²) in [6, 6.07) is 15.3. The van der Waals surface area contributed by atoms with Gasteiger partial charge in [-0.3, -0.25) is 4.79 Å². The van der Waals surface area contributed by atoms with Gasteiger partial charge in [0.25, 0.3) is 0 Å². The van der Waals surface area contributed by atoms with Crippen molar-refractivity contribution in [2.75, 3.05) is 18.6 Å². The summed E-state index contributed by atoms with van der Waals surface area (Å²) in [6.45, 7) is 1.95. The van der Waals surface area contributed by atoms with Gasteiger partial charge in [0, 0.05) is 12.7 Å². The number of likely N-dealkylation sites (N-methyl/N-ethyl adjacent to an activating group) is 1. The van der Waals surface area contributed by atoms with Crippen molar-refractivity contribution in [3.8, 4) is 0 Å². The molecule has 23 heavy (non-hydrogen) atoms. The minimum atomic E-state index is -3.52. The second-order valence-electron chi connectivity index (χ2n) is 5.45. The van der Waals surface area contributed by atoms with Crippen LogP contribution in [0.25, 0.3) is 0 Å². The highest BCUT2D eigenvalue weighted by Crippen LogP contribution is 2.23. The van der Waals surface area contributed by atoms with Gasteiger partial charge in [0.2, 0.25) is 15.9 Å². The summed E-state index contributed by atoms with van der Waals surface area (Å²) in [7, 11) is -2.12. The molecule has 0 bridgehead atoms. The second-order valence-corrected chi connectivity index (χ2v) is 7.49. The van der Waals surface area contributed by atoms with Crippen LogP contribution in [0.15, 0.2) is 54.6 Å². The van der Waals surface area contributed by atoms with Gasteiger partial charge in [0.05, 0.1) is 6.26 Å². The van der Waals surface area contributed by atoms with Crippen molar-refractivity contribution < 1.29 is 13.2 Å². The predicted molar refractivity (Wildman–Crippen MR) is 91.6 cm³/mol. The Morgan fingerprint density at radius 1 is 1.04 bits per heavy atom. The van der Waals surface area contributed by atoms with Crippen LogP contribution in [0.3, 0.4) is 0 Å². The molecule has 0 saturated heterocycles. The van der Waals surface area contributed by atoms with Crippen LogP contribution in [0.4, 0.5) is 5.69 Å². The number of nitrogens with zero attached hydrogens (tertiary/aromatic N) is 1. The number of rotatable bonds is 5. The molecule has 0 radical (unpaired) electrons. The lowest BCUT2D eigenvalue weighted by Crippen LogP contribution is -2.38. The highest BCUT2D eigenvalue weighted by atomic mass is 32.2. The Morgan fingerprint density at radius 3 is 2.13 bits per heavy atom. The Hall–Kier alpha value is -2.18. The van der Waals surface area contributed by atoms with E-state index in [-0.39, 0.29) is 0 Å². The number of anilines is 1. The fourth-order valence-electron chi connectivity index (χ4n) is 2.20. The molecule has 6 heteroatoms. The first-order valence-corrected chi connectivity index (χ1v) is 8.99. The van der Waals surface area contributed by atoms with E-state index in [9.17, 15) is 13.2 Å². The van der Waals surface area contributed by atoms with Crippen molar-refractivity contribution in [3.63, 3.8) is 0 Å². The third-order valence-electron chi connectivity index (χ3n) is 3.57. The van der Waals surface area contributed by atoms with E-state index in [1.54, 1.807) is 36.4 Å². The Labute approximate surface area is 137 Å². The van der Waals surface area contributed by atoms with Crippen molar-refractivity contribution in [1.29, 1.82) is 0 Å². The number of aryl methyl sites for hydroxylation is 1. The maximum absolute atomic E-state index is 12.7. The third-order valence-corrected chi connectivity index (χ3v) is 4.83. The smallest absolute Gasteiger partial charge is 0.247 e. The normalized spacial score (nSPS) is 12.9. The van der Waals surface area contributed by atoms with Crippen LogP contribution in [-0.2, 0) is 14.8 Å². The average Bonchev–Trinajstić information content (AvgIpc) is 2.50. The molecular weight excluding hydrogens is 312 g/mol.